The molecule has 0 bridgehead atoms. The molecule has 0 radical (unpaired) electrons. The molecule has 0 aliphatic heterocycles. The van der Waals surface area contributed by atoms with E-state index in [0.717, 1.165) is 5.39 Å². The SMILES string of the molecule is COCCC(C)(N)CC(=O)Nc1ccc(Oc2ccnc3[nH]ccc23)c(F)c1. The number of pyridine rings is 1. The van der Waals surface area contributed by atoms with Crippen molar-refractivity contribution in [2.45, 2.75) is 25.3 Å². The van der Waals surface area contributed by atoms with Crippen LogP contribution in [0.15, 0.2) is 42.7 Å². The van der Waals surface area contributed by atoms with E-state index < -0.39 is 11.4 Å². The Morgan fingerprint density at radius 1 is 1.32 bits per heavy atom. The van der Waals surface area contributed by atoms with Crippen LogP contribution in [0.4, 0.5) is 10.1 Å². The number of nitrogens with zero attached hydrogens (tertiary/aromatic N) is 1. The van der Waals surface area contributed by atoms with E-state index in [1.807, 2.05) is 0 Å². The summed E-state index contributed by atoms with van der Waals surface area (Å²) in [7, 11) is 1.58. The molecule has 3 aromatic rings. The molecule has 2 heterocycles. The Morgan fingerprint density at radius 3 is 2.89 bits per heavy atom. The number of aromatic amines is 1. The standard InChI is InChI=1S/C20H23FN4O3/c1-20(22,7-10-27-2)12-18(26)25-13-3-4-17(15(21)11-13)28-16-6-9-24-19-14(16)5-8-23-19/h3-6,8-9,11H,7,10,12,22H2,1-2H3,(H,23,24)(H,25,26). The summed E-state index contributed by atoms with van der Waals surface area (Å²) in [5, 5.41) is 3.41. The Kier molecular flexibility index (Phi) is 5.91. The van der Waals surface area contributed by atoms with E-state index in [9.17, 15) is 9.18 Å². The van der Waals surface area contributed by atoms with Crippen LogP contribution in [0.2, 0.25) is 0 Å². The zero-order valence-corrected chi connectivity index (χ0v) is 15.8. The summed E-state index contributed by atoms with van der Waals surface area (Å²) in [4.78, 5) is 19.3. The van der Waals surface area contributed by atoms with E-state index >= 15 is 0 Å². The number of anilines is 1. The largest absolute Gasteiger partial charge is 0.453 e. The average Bonchev–Trinajstić information content (AvgIpc) is 3.11. The molecular formula is C20H23FN4O3. The number of hydrogen-bond donors (Lipinski definition) is 3. The molecule has 28 heavy (non-hydrogen) atoms. The van der Waals surface area contributed by atoms with Crippen molar-refractivity contribution in [3.63, 3.8) is 0 Å². The molecule has 0 fully saturated rings. The number of amides is 1. The molecular weight excluding hydrogens is 363 g/mol. The highest BCUT2D eigenvalue weighted by molar-refractivity contribution is 5.91. The van der Waals surface area contributed by atoms with Gasteiger partial charge in [-0.2, -0.15) is 0 Å². The number of H-pyrrole nitrogens is 1. The molecule has 3 rings (SSSR count). The van der Waals surface area contributed by atoms with Crippen LogP contribution < -0.4 is 15.8 Å². The first-order valence-electron chi connectivity index (χ1n) is 8.85. The molecule has 1 atom stereocenters. The van der Waals surface area contributed by atoms with Gasteiger partial charge in [-0.25, -0.2) is 9.37 Å². The number of halogens is 1. The van der Waals surface area contributed by atoms with Crippen molar-refractivity contribution in [2.24, 2.45) is 5.73 Å². The van der Waals surface area contributed by atoms with Crippen molar-refractivity contribution in [2.75, 3.05) is 19.0 Å². The lowest BCUT2D eigenvalue weighted by molar-refractivity contribution is -0.117. The van der Waals surface area contributed by atoms with Gasteiger partial charge < -0.3 is 25.5 Å². The van der Waals surface area contributed by atoms with Crippen LogP contribution in [0.5, 0.6) is 11.5 Å². The highest BCUT2D eigenvalue weighted by Gasteiger charge is 2.22. The van der Waals surface area contributed by atoms with Crippen LogP contribution in [0.3, 0.4) is 0 Å². The minimum absolute atomic E-state index is 0.0513. The van der Waals surface area contributed by atoms with Crippen molar-refractivity contribution < 1.29 is 18.7 Å². The fraction of sp³-hybridized carbons (Fsp3) is 0.300. The Hall–Kier alpha value is -2.97. The monoisotopic (exact) mass is 386 g/mol. The summed E-state index contributed by atoms with van der Waals surface area (Å²) in [6.07, 6.45) is 3.95. The zero-order valence-electron chi connectivity index (χ0n) is 15.8. The molecule has 0 aliphatic carbocycles. The van der Waals surface area contributed by atoms with Crippen molar-refractivity contribution >= 4 is 22.6 Å². The number of methoxy groups -OCH3 is 1. The van der Waals surface area contributed by atoms with Gasteiger partial charge in [-0.15, -0.1) is 0 Å². The molecule has 1 unspecified atom stereocenters. The first kappa shape index (κ1) is 19.8. The second-order valence-electron chi connectivity index (χ2n) is 6.92. The molecule has 8 heteroatoms. The lowest BCUT2D eigenvalue weighted by atomic mass is 9.95. The first-order chi connectivity index (χ1) is 13.4. The molecule has 7 nitrogen and oxygen atoms in total. The van der Waals surface area contributed by atoms with Gasteiger partial charge in [0.15, 0.2) is 11.6 Å². The number of rotatable bonds is 8. The minimum atomic E-state index is -0.703. The number of aromatic nitrogens is 2. The summed E-state index contributed by atoms with van der Waals surface area (Å²) >= 11 is 0. The van der Waals surface area contributed by atoms with E-state index in [4.69, 9.17) is 15.2 Å². The fourth-order valence-electron chi connectivity index (χ4n) is 2.80. The lowest BCUT2D eigenvalue weighted by Crippen LogP contribution is -2.41. The van der Waals surface area contributed by atoms with Crippen molar-refractivity contribution in [3.8, 4) is 11.5 Å². The summed E-state index contributed by atoms with van der Waals surface area (Å²) in [6.45, 7) is 2.24. The number of nitrogens with one attached hydrogen (secondary N) is 2. The smallest absolute Gasteiger partial charge is 0.226 e. The number of benzene rings is 1. The molecule has 0 saturated carbocycles. The van der Waals surface area contributed by atoms with E-state index in [1.54, 1.807) is 44.6 Å². The molecule has 1 aromatic carbocycles. The molecule has 4 N–H and O–H groups in total. The second kappa shape index (κ2) is 8.37. The molecule has 2 aromatic heterocycles. The van der Waals surface area contributed by atoms with Gasteiger partial charge in [-0.1, -0.05) is 0 Å². The summed E-state index contributed by atoms with van der Waals surface area (Å²) < 4.78 is 25.2. The summed E-state index contributed by atoms with van der Waals surface area (Å²) in [6, 6.07) is 7.72. The minimum Gasteiger partial charge on any atom is -0.453 e. The van der Waals surface area contributed by atoms with Gasteiger partial charge in [0.25, 0.3) is 0 Å². The number of carbonyl (C=O) groups is 1. The Bertz CT molecular complexity index is 971. The van der Waals surface area contributed by atoms with E-state index in [0.29, 0.717) is 30.1 Å². The molecule has 148 valence electrons. The summed E-state index contributed by atoms with van der Waals surface area (Å²) in [5.74, 6) is -0.347. The number of nitrogens with two attached hydrogens (primary N) is 1. The Labute approximate surface area is 162 Å². The average molecular weight is 386 g/mol. The molecule has 0 spiro atoms. The topological polar surface area (TPSA) is 102 Å². The third kappa shape index (κ3) is 4.85. The van der Waals surface area contributed by atoms with E-state index in [-0.39, 0.29) is 18.1 Å². The van der Waals surface area contributed by atoms with Gasteiger partial charge in [0.05, 0.1) is 5.39 Å². The first-order valence-corrected chi connectivity index (χ1v) is 8.85. The highest BCUT2D eigenvalue weighted by Crippen LogP contribution is 2.31. The number of ether oxygens (including phenoxy) is 2. The maximum atomic E-state index is 14.5. The normalized spacial score (nSPS) is 13.3. The van der Waals surface area contributed by atoms with Crippen molar-refractivity contribution in [1.29, 1.82) is 0 Å². The van der Waals surface area contributed by atoms with Crippen molar-refractivity contribution in [3.05, 3.63) is 48.5 Å². The number of hydrogen-bond acceptors (Lipinski definition) is 5. The Morgan fingerprint density at radius 2 is 2.14 bits per heavy atom. The quantitative estimate of drug-likeness (QED) is 0.549. The fourth-order valence-corrected chi connectivity index (χ4v) is 2.80. The van der Waals surface area contributed by atoms with Crippen LogP contribution in [-0.4, -0.2) is 35.1 Å². The van der Waals surface area contributed by atoms with Gasteiger partial charge in [0.1, 0.15) is 11.4 Å². The van der Waals surface area contributed by atoms with Crippen LogP contribution in [0.1, 0.15) is 19.8 Å². The van der Waals surface area contributed by atoms with Crippen LogP contribution in [-0.2, 0) is 9.53 Å². The Balaban J connectivity index is 1.67. The van der Waals surface area contributed by atoms with Gasteiger partial charge in [-0.3, -0.25) is 4.79 Å². The maximum Gasteiger partial charge on any atom is 0.226 e. The molecule has 1 amide bonds. The maximum absolute atomic E-state index is 14.5. The van der Waals surface area contributed by atoms with Gasteiger partial charge >= 0.3 is 0 Å². The third-order valence-corrected chi connectivity index (χ3v) is 4.30. The van der Waals surface area contributed by atoms with Gasteiger partial charge in [0, 0.05) is 49.8 Å². The molecule has 0 aliphatic rings. The lowest BCUT2D eigenvalue weighted by Gasteiger charge is -2.23. The highest BCUT2D eigenvalue weighted by atomic mass is 19.1. The van der Waals surface area contributed by atoms with Crippen LogP contribution in [0.25, 0.3) is 11.0 Å². The van der Waals surface area contributed by atoms with Gasteiger partial charge in [0.2, 0.25) is 5.91 Å². The van der Waals surface area contributed by atoms with Crippen LogP contribution in [0, 0.1) is 5.82 Å². The second-order valence-corrected chi connectivity index (χ2v) is 6.92. The number of fused-ring (bicyclic) bond motifs is 1. The van der Waals surface area contributed by atoms with E-state index in [1.165, 1.54) is 12.1 Å². The van der Waals surface area contributed by atoms with E-state index in [2.05, 4.69) is 15.3 Å². The van der Waals surface area contributed by atoms with Crippen molar-refractivity contribution in [1.82, 2.24) is 9.97 Å². The molecule has 0 saturated heterocycles. The third-order valence-electron chi connectivity index (χ3n) is 4.30. The predicted molar refractivity (Wildman–Crippen MR) is 105 cm³/mol. The summed E-state index contributed by atoms with van der Waals surface area (Å²) in [5.41, 5.74) is 6.37. The van der Waals surface area contributed by atoms with Crippen LogP contribution >= 0.6 is 0 Å². The zero-order chi connectivity index (χ0) is 20.1. The van der Waals surface area contributed by atoms with Gasteiger partial charge in [-0.05, 0) is 37.6 Å². The number of carbonyl (C=O) groups excluding carboxylic acids is 1. The predicted octanol–water partition coefficient (Wildman–Crippen LogP) is 3.58.